The highest BCUT2D eigenvalue weighted by molar-refractivity contribution is 5.63. The molecule has 2 aromatic rings. The highest BCUT2D eigenvalue weighted by Gasteiger charge is 2.17. The third-order valence-electron chi connectivity index (χ3n) is 3.67. The van der Waals surface area contributed by atoms with Gasteiger partial charge in [-0.1, -0.05) is 5.16 Å². The average molecular weight is 258 g/mol. The molecule has 5 nitrogen and oxygen atoms in total. The summed E-state index contributed by atoms with van der Waals surface area (Å²) in [4.78, 5) is 8.73. The summed E-state index contributed by atoms with van der Waals surface area (Å²) in [6.07, 6.45) is 3.87. The Morgan fingerprint density at radius 1 is 1.37 bits per heavy atom. The quantitative estimate of drug-likeness (QED) is 0.911. The molecule has 1 saturated heterocycles. The van der Waals surface area contributed by atoms with Gasteiger partial charge in [-0.25, -0.2) is 9.97 Å². The van der Waals surface area contributed by atoms with Crippen molar-refractivity contribution >= 4 is 0 Å². The lowest BCUT2D eigenvalue weighted by Crippen LogP contribution is -2.11. The van der Waals surface area contributed by atoms with Crippen LogP contribution in [-0.4, -0.2) is 28.2 Å². The first-order valence-corrected chi connectivity index (χ1v) is 6.69. The first-order valence-electron chi connectivity index (χ1n) is 6.69. The van der Waals surface area contributed by atoms with Gasteiger partial charge in [-0.3, -0.25) is 0 Å². The van der Waals surface area contributed by atoms with E-state index in [0.29, 0.717) is 5.92 Å². The van der Waals surface area contributed by atoms with Crippen molar-refractivity contribution in [3.05, 3.63) is 29.5 Å². The average Bonchev–Trinajstić information content (AvgIpc) is 3.00. The minimum atomic E-state index is 0.687. The van der Waals surface area contributed by atoms with Crippen molar-refractivity contribution in [1.29, 1.82) is 0 Å². The molecule has 3 rings (SSSR count). The molecular formula is C14H18N4O. The zero-order chi connectivity index (χ0) is 13.2. The Bertz CT molecular complexity index is 553. The maximum atomic E-state index is 5.20. The number of rotatable bonds is 3. The van der Waals surface area contributed by atoms with Crippen LogP contribution in [0.3, 0.4) is 0 Å². The Hall–Kier alpha value is -1.75. The normalized spacial score (nSPS) is 18.9. The summed E-state index contributed by atoms with van der Waals surface area (Å²) in [7, 11) is 0. The molecule has 0 amide bonds. The minimum Gasteiger partial charge on any atom is -0.361 e. The first kappa shape index (κ1) is 12.3. The molecule has 2 aromatic heterocycles. The standard InChI is InChI=1S/C14H18N4O/c1-9-14(10(2)19-18-9)13-6-12(16-8-17-13)5-11-3-4-15-7-11/h6,8,11,15H,3-5,7H2,1-2H3/t11-/m1/s1. The smallest absolute Gasteiger partial charge is 0.143 e. The first-order chi connectivity index (χ1) is 9.24. The summed E-state index contributed by atoms with van der Waals surface area (Å²) in [5.41, 5.74) is 3.88. The van der Waals surface area contributed by atoms with Crippen LogP contribution in [0, 0.1) is 19.8 Å². The van der Waals surface area contributed by atoms with Gasteiger partial charge in [-0.15, -0.1) is 0 Å². The number of nitrogens with zero attached hydrogens (tertiary/aromatic N) is 3. The van der Waals surface area contributed by atoms with Crippen LogP contribution in [0.15, 0.2) is 16.9 Å². The van der Waals surface area contributed by atoms with E-state index >= 15 is 0 Å². The van der Waals surface area contributed by atoms with E-state index in [0.717, 1.165) is 47.9 Å². The van der Waals surface area contributed by atoms with Crippen molar-refractivity contribution in [3.63, 3.8) is 0 Å². The zero-order valence-electron chi connectivity index (χ0n) is 11.3. The highest BCUT2D eigenvalue weighted by Crippen LogP contribution is 2.25. The molecule has 1 fully saturated rings. The molecule has 0 aromatic carbocycles. The molecule has 0 spiro atoms. The number of nitrogens with one attached hydrogen (secondary N) is 1. The Balaban J connectivity index is 1.87. The van der Waals surface area contributed by atoms with Gasteiger partial charge in [0.2, 0.25) is 0 Å². The topological polar surface area (TPSA) is 63.8 Å². The molecular weight excluding hydrogens is 240 g/mol. The van der Waals surface area contributed by atoms with Gasteiger partial charge in [0.05, 0.1) is 17.0 Å². The van der Waals surface area contributed by atoms with Gasteiger partial charge in [0.1, 0.15) is 12.1 Å². The summed E-state index contributed by atoms with van der Waals surface area (Å²) < 4.78 is 5.20. The Morgan fingerprint density at radius 2 is 2.26 bits per heavy atom. The highest BCUT2D eigenvalue weighted by atomic mass is 16.5. The molecule has 1 atom stereocenters. The van der Waals surface area contributed by atoms with Gasteiger partial charge in [0.25, 0.3) is 0 Å². The zero-order valence-corrected chi connectivity index (χ0v) is 11.3. The molecule has 0 saturated carbocycles. The second kappa shape index (κ2) is 5.09. The molecule has 100 valence electrons. The number of aromatic nitrogens is 3. The van der Waals surface area contributed by atoms with E-state index in [-0.39, 0.29) is 0 Å². The summed E-state index contributed by atoms with van der Waals surface area (Å²) >= 11 is 0. The van der Waals surface area contributed by atoms with Gasteiger partial charge in [0, 0.05) is 5.69 Å². The van der Waals surface area contributed by atoms with Gasteiger partial charge in [-0.05, 0) is 51.8 Å². The van der Waals surface area contributed by atoms with E-state index in [4.69, 9.17) is 4.52 Å². The Morgan fingerprint density at radius 3 is 2.95 bits per heavy atom. The van der Waals surface area contributed by atoms with Crippen molar-refractivity contribution in [2.75, 3.05) is 13.1 Å². The van der Waals surface area contributed by atoms with E-state index in [1.165, 1.54) is 6.42 Å². The molecule has 0 radical (unpaired) electrons. The second-order valence-electron chi connectivity index (χ2n) is 5.16. The van der Waals surface area contributed by atoms with E-state index in [1.807, 2.05) is 13.8 Å². The van der Waals surface area contributed by atoms with Crippen LogP contribution in [0.2, 0.25) is 0 Å². The van der Waals surface area contributed by atoms with Crippen LogP contribution in [0.5, 0.6) is 0 Å². The maximum absolute atomic E-state index is 5.20. The third kappa shape index (κ3) is 2.51. The molecule has 1 aliphatic rings. The number of aryl methyl sites for hydroxylation is 2. The van der Waals surface area contributed by atoms with Crippen molar-refractivity contribution in [3.8, 4) is 11.3 Å². The minimum absolute atomic E-state index is 0.687. The molecule has 0 bridgehead atoms. The van der Waals surface area contributed by atoms with Gasteiger partial charge in [0.15, 0.2) is 0 Å². The van der Waals surface area contributed by atoms with Gasteiger partial charge >= 0.3 is 0 Å². The summed E-state index contributed by atoms with van der Waals surface area (Å²) in [5.74, 6) is 1.50. The lowest BCUT2D eigenvalue weighted by atomic mass is 10.0. The summed E-state index contributed by atoms with van der Waals surface area (Å²) in [5, 5.41) is 7.36. The Kier molecular flexibility index (Phi) is 3.29. The fourth-order valence-corrected chi connectivity index (χ4v) is 2.68. The van der Waals surface area contributed by atoms with E-state index < -0.39 is 0 Å². The van der Waals surface area contributed by atoms with Crippen LogP contribution in [0.25, 0.3) is 11.3 Å². The predicted molar refractivity (Wildman–Crippen MR) is 71.7 cm³/mol. The van der Waals surface area contributed by atoms with E-state index in [2.05, 4.69) is 26.5 Å². The van der Waals surface area contributed by atoms with Gasteiger partial charge < -0.3 is 9.84 Å². The SMILES string of the molecule is Cc1noc(C)c1-c1cc(C[C@H]2CCNC2)ncn1. The van der Waals surface area contributed by atoms with Crippen molar-refractivity contribution < 1.29 is 4.52 Å². The van der Waals surface area contributed by atoms with E-state index in [9.17, 15) is 0 Å². The predicted octanol–water partition coefficient (Wildman–Crippen LogP) is 1.90. The second-order valence-corrected chi connectivity index (χ2v) is 5.16. The van der Waals surface area contributed by atoms with Crippen LogP contribution in [-0.2, 0) is 6.42 Å². The lowest BCUT2D eigenvalue weighted by molar-refractivity contribution is 0.393. The van der Waals surface area contributed by atoms with Gasteiger partial charge in [-0.2, -0.15) is 0 Å². The Labute approximate surface area is 112 Å². The van der Waals surface area contributed by atoms with Crippen molar-refractivity contribution in [2.24, 2.45) is 5.92 Å². The summed E-state index contributed by atoms with van der Waals surface area (Å²) in [6, 6.07) is 2.06. The molecule has 1 N–H and O–H groups in total. The van der Waals surface area contributed by atoms with Crippen LogP contribution >= 0.6 is 0 Å². The fraction of sp³-hybridized carbons (Fsp3) is 0.500. The molecule has 5 heteroatoms. The van der Waals surface area contributed by atoms with Crippen LogP contribution in [0.4, 0.5) is 0 Å². The molecule has 0 unspecified atom stereocenters. The number of hydrogen-bond donors (Lipinski definition) is 1. The molecule has 1 aliphatic heterocycles. The van der Waals surface area contributed by atoms with Crippen LogP contribution in [0.1, 0.15) is 23.6 Å². The largest absolute Gasteiger partial charge is 0.361 e. The molecule has 0 aliphatic carbocycles. The third-order valence-corrected chi connectivity index (χ3v) is 3.67. The summed E-state index contributed by atoms with van der Waals surface area (Å²) in [6.45, 7) is 6.06. The monoisotopic (exact) mass is 258 g/mol. The lowest BCUT2D eigenvalue weighted by Gasteiger charge is -2.08. The van der Waals surface area contributed by atoms with Crippen LogP contribution < -0.4 is 5.32 Å². The molecule has 3 heterocycles. The molecule has 19 heavy (non-hydrogen) atoms. The van der Waals surface area contributed by atoms with E-state index in [1.54, 1.807) is 6.33 Å². The maximum Gasteiger partial charge on any atom is 0.143 e. The fourth-order valence-electron chi connectivity index (χ4n) is 2.68. The van der Waals surface area contributed by atoms with Crippen molar-refractivity contribution in [1.82, 2.24) is 20.4 Å². The number of hydrogen-bond acceptors (Lipinski definition) is 5. The van der Waals surface area contributed by atoms with Crippen molar-refractivity contribution in [2.45, 2.75) is 26.7 Å².